The van der Waals surface area contributed by atoms with Gasteiger partial charge in [0.05, 0.1) is 11.1 Å². The Kier molecular flexibility index (Phi) is 7.05. The van der Waals surface area contributed by atoms with Crippen molar-refractivity contribution in [1.29, 1.82) is 0 Å². The third kappa shape index (κ3) is 5.48. The molecular formula is C17H11BrCl2N6O5. The summed E-state index contributed by atoms with van der Waals surface area (Å²) < 4.78 is 10.4. The maximum atomic E-state index is 12.0. The Morgan fingerprint density at radius 2 is 2.13 bits per heavy atom. The zero-order valence-electron chi connectivity index (χ0n) is 15.2. The molecule has 160 valence electrons. The summed E-state index contributed by atoms with van der Waals surface area (Å²) in [6.07, 6.45) is 1.16. The Morgan fingerprint density at radius 3 is 2.77 bits per heavy atom. The molecule has 3 N–H and O–H groups in total. The smallest absolute Gasteiger partial charge is 0.312 e. The number of nitro benzene ring substituents is 1. The molecule has 0 aliphatic rings. The molecule has 1 heterocycles. The number of amides is 1. The number of carbonyl (C=O) groups is 1. The monoisotopic (exact) mass is 528 g/mol. The highest BCUT2D eigenvalue weighted by atomic mass is 79.9. The van der Waals surface area contributed by atoms with Crippen LogP contribution in [0.1, 0.15) is 21.6 Å². The predicted molar refractivity (Wildman–Crippen MR) is 115 cm³/mol. The first kappa shape index (κ1) is 22.5. The topological polar surface area (TPSA) is 159 Å². The fourth-order valence-corrected chi connectivity index (χ4v) is 3.27. The average Bonchev–Trinajstić information content (AvgIpc) is 3.13. The Bertz CT molecular complexity index is 1190. The van der Waals surface area contributed by atoms with Crippen LogP contribution in [0.4, 0.5) is 11.5 Å². The van der Waals surface area contributed by atoms with Gasteiger partial charge in [-0.05, 0) is 28.5 Å². The van der Waals surface area contributed by atoms with E-state index in [1.54, 1.807) is 12.1 Å². The lowest BCUT2D eigenvalue weighted by atomic mass is 10.2. The lowest BCUT2D eigenvalue weighted by Gasteiger charge is -2.11. The van der Waals surface area contributed by atoms with E-state index in [9.17, 15) is 14.9 Å². The number of aromatic nitrogens is 2. The van der Waals surface area contributed by atoms with E-state index in [2.05, 4.69) is 41.4 Å². The molecule has 0 saturated heterocycles. The number of benzene rings is 2. The molecule has 0 fully saturated rings. The van der Waals surface area contributed by atoms with Crippen molar-refractivity contribution in [1.82, 2.24) is 15.7 Å². The van der Waals surface area contributed by atoms with Crippen LogP contribution in [0.5, 0.6) is 5.75 Å². The van der Waals surface area contributed by atoms with Crippen LogP contribution in [-0.2, 0) is 6.61 Å². The summed E-state index contributed by atoms with van der Waals surface area (Å²) in [4.78, 5) is 22.9. The molecule has 0 spiro atoms. The molecule has 0 aliphatic carbocycles. The van der Waals surface area contributed by atoms with Gasteiger partial charge >= 0.3 is 5.69 Å². The van der Waals surface area contributed by atoms with Crippen LogP contribution < -0.4 is 15.9 Å². The third-order valence-electron chi connectivity index (χ3n) is 3.75. The molecule has 0 saturated carbocycles. The number of nitro groups is 1. The Morgan fingerprint density at radius 1 is 1.35 bits per heavy atom. The highest BCUT2D eigenvalue weighted by Crippen LogP contribution is 2.35. The van der Waals surface area contributed by atoms with Gasteiger partial charge in [0.1, 0.15) is 6.61 Å². The van der Waals surface area contributed by atoms with Crippen molar-refractivity contribution in [2.75, 3.05) is 5.73 Å². The Balaban J connectivity index is 1.87. The molecule has 0 aliphatic heterocycles. The number of anilines is 1. The maximum Gasteiger partial charge on any atom is 0.312 e. The number of nitrogens with one attached hydrogen (secondary N) is 1. The summed E-state index contributed by atoms with van der Waals surface area (Å²) in [7, 11) is 0. The molecule has 3 aromatic rings. The van der Waals surface area contributed by atoms with E-state index in [1.165, 1.54) is 18.2 Å². The molecule has 0 radical (unpaired) electrons. The van der Waals surface area contributed by atoms with Crippen molar-refractivity contribution in [2.24, 2.45) is 5.10 Å². The average molecular weight is 530 g/mol. The number of nitrogens with two attached hydrogens (primary N) is 1. The van der Waals surface area contributed by atoms with Gasteiger partial charge in [-0.15, -0.1) is 0 Å². The minimum Gasteiger partial charge on any atom is -0.481 e. The molecule has 0 atom stereocenters. The number of hydrazone groups is 1. The van der Waals surface area contributed by atoms with Crippen LogP contribution in [0.15, 0.2) is 44.5 Å². The SMILES string of the molecule is Nc1nonc1C(=O)N/N=C/c1cc(Br)cc([N+](=O)[O-])c1OCc1ccc(Cl)cc1Cl. The van der Waals surface area contributed by atoms with Crippen LogP contribution >= 0.6 is 39.1 Å². The lowest BCUT2D eigenvalue weighted by Crippen LogP contribution is -2.19. The summed E-state index contributed by atoms with van der Waals surface area (Å²) in [5.74, 6) is -1.08. The van der Waals surface area contributed by atoms with Crippen molar-refractivity contribution >= 4 is 62.8 Å². The van der Waals surface area contributed by atoms with E-state index >= 15 is 0 Å². The molecule has 0 unspecified atom stereocenters. The molecule has 0 bridgehead atoms. The molecule has 31 heavy (non-hydrogen) atoms. The first-order valence-electron chi connectivity index (χ1n) is 8.22. The first-order valence-corrected chi connectivity index (χ1v) is 9.77. The van der Waals surface area contributed by atoms with Crippen molar-refractivity contribution in [3.8, 4) is 5.75 Å². The number of halogens is 3. The second-order valence-electron chi connectivity index (χ2n) is 5.82. The van der Waals surface area contributed by atoms with Gasteiger partial charge in [0, 0.05) is 31.7 Å². The quantitative estimate of drug-likeness (QED) is 0.264. The van der Waals surface area contributed by atoms with Crippen molar-refractivity contribution in [3.63, 3.8) is 0 Å². The van der Waals surface area contributed by atoms with Gasteiger partial charge in [0.15, 0.2) is 0 Å². The molecule has 1 amide bonds. The highest BCUT2D eigenvalue weighted by molar-refractivity contribution is 9.10. The fraction of sp³-hybridized carbons (Fsp3) is 0.0588. The molecule has 2 aromatic carbocycles. The number of carbonyl (C=O) groups excluding carboxylic acids is 1. The largest absolute Gasteiger partial charge is 0.481 e. The Labute approximate surface area is 192 Å². The van der Waals surface area contributed by atoms with Crippen LogP contribution in [0.2, 0.25) is 10.0 Å². The highest BCUT2D eigenvalue weighted by Gasteiger charge is 2.21. The zero-order chi connectivity index (χ0) is 22.5. The zero-order valence-corrected chi connectivity index (χ0v) is 18.3. The number of nitrogen functional groups attached to an aromatic ring is 1. The van der Waals surface area contributed by atoms with Crippen LogP contribution in [-0.4, -0.2) is 27.4 Å². The fourth-order valence-electron chi connectivity index (χ4n) is 2.34. The predicted octanol–water partition coefficient (Wildman–Crippen LogP) is 3.97. The van der Waals surface area contributed by atoms with E-state index < -0.39 is 10.8 Å². The normalized spacial score (nSPS) is 10.9. The number of hydrogen-bond acceptors (Lipinski definition) is 9. The van der Waals surface area contributed by atoms with E-state index in [0.717, 1.165) is 6.21 Å². The number of ether oxygens (including phenoxy) is 1. The number of rotatable bonds is 7. The first-order chi connectivity index (χ1) is 14.8. The van der Waals surface area contributed by atoms with Crippen molar-refractivity contribution in [2.45, 2.75) is 6.61 Å². The molecule has 3 rings (SSSR count). The van der Waals surface area contributed by atoms with Gasteiger partial charge in [0.25, 0.3) is 5.91 Å². The van der Waals surface area contributed by atoms with Crippen molar-refractivity contribution in [3.05, 3.63) is 71.8 Å². The minimum absolute atomic E-state index is 0.0766. The number of hydrogen-bond donors (Lipinski definition) is 2. The van der Waals surface area contributed by atoms with E-state index in [-0.39, 0.29) is 35.1 Å². The van der Waals surface area contributed by atoms with Crippen LogP contribution in [0, 0.1) is 10.1 Å². The second kappa shape index (κ2) is 9.73. The molecule has 1 aromatic heterocycles. The van der Waals surface area contributed by atoms with E-state index in [1.807, 2.05) is 0 Å². The number of nitrogens with zero attached hydrogens (tertiary/aromatic N) is 4. The van der Waals surface area contributed by atoms with E-state index in [0.29, 0.717) is 20.1 Å². The van der Waals surface area contributed by atoms with Crippen LogP contribution in [0.3, 0.4) is 0 Å². The van der Waals surface area contributed by atoms with Gasteiger partial charge in [0.2, 0.25) is 17.3 Å². The standard InChI is InChI=1S/C17H11BrCl2N6O5/c18-10-3-9(6-22-23-17(27)14-16(21)25-31-24-14)15(13(4-10)26(28)29)30-7-8-1-2-11(19)5-12(8)20/h1-6H,7H2,(H2,21,25)(H,23,27)/b22-6+. The molecule has 11 nitrogen and oxygen atoms in total. The second-order valence-corrected chi connectivity index (χ2v) is 7.58. The molecular weight excluding hydrogens is 519 g/mol. The van der Waals surface area contributed by atoms with Gasteiger partial charge < -0.3 is 10.5 Å². The summed E-state index contributed by atoms with van der Waals surface area (Å²) in [5, 5.41) is 22.7. The van der Waals surface area contributed by atoms with Gasteiger partial charge in [-0.2, -0.15) is 5.10 Å². The van der Waals surface area contributed by atoms with Crippen molar-refractivity contribution < 1.29 is 19.1 Å². The Hall–Kier alpha value is -3.22. The van der Waals surface area contributed by atoms with Crippen LogP contribution in [0.25, 0.3) is 0 Å². The maximum absolute atomic E-state index is 12.0. The summed E-state index contributed by atoms with van der Waals surface area (Å²) in [5.41, 5.74) is 7.80. The van der Waals surface area contributed by atoms with E-state index in [4.69, 9.17) is 33.7 Å². The summed E-state index contributed by atoms with van der Waals surface area (Å²) in [6.45, 7) is -0.0766. The lowest BCUT2D eigenvalue weighted by molar-refractivity contribution is -0.386. The third-order valence-corrected chi connectivity index (χ3v) is 4.79. The van der Waals surface area contributed by atoms with Gasteiger partial charge in [-0.25, -0.2) is 10.1 Å². The van der Waals surface area contributed by atoms with Gasteiger partial charge in [-0.1, -0.05) is 45.2 Å². The summed E-state index contributed by atoms with van der Waals surface area (Å²) in [6, 6.07) is 7.58. The molecule has 14 heteroatoms. The minimum atomic E-state index is -0.782. The summed E-state index contributed by atoms with van der Waals surface area (Å²) >= 11 is 15.2. The van der Waals surface area contributed by atoms with Gasteiger partial charge in [-0.3, -0.25) is 14.9 Å².